The molecule has 0 aliphatic carbocycles. The fourth-order valence-electron chi connectivity index (χ4n) is 2.43. The average Bonchev–Trinajstić information content (AvgIpc) is 3.13. The Kier molecular flexibility index (Phi) is 2.85. The molecule has 0 saturated heterocycles. The molecule has 0 fully saturated rings. The molecule has 0 unspecified atom stereocenters. The lowest BCUT2D eigenvalue weighted by Gasteiger charge is -2.18. The van der Waals surface area contributed by atoms with Gasteiger partial charge in [-0.25, -0.2) is 0 Å². The van der Waals surface area contributed by atoms with Gasteiger partial charge in [0.15, 0.2) is 11.5 Å². The molecule has 7 heteroatoms. The largest absolute Gasteiger partial charge is 0.486 e. The van der Waals surface area contributed by atoms with E-state index in [4.69, 9.17) is 13.9 Å². The van der Waals surface area contributed by atoms with E-state index in [2.05, 4.69) is 15.3 Å². The quantitative estimate of drug-likeness (QED) is 0.722. The highest BCUT2D eigenvalue weighted by Crippen LogP contribution is 2.34. The van der Waals surface area contributed by atoms with Crippen molar-refractivity contribution in [3.63, 3.8) is 0 Å². The zero-order valence-corrected chi connectivity index (χ0v) is 12.2. The van der Waals surface area contributed by atoms with Crippen LogP contribution in [0.3, 0.4) is 0 Å². The Morgan fingerprint density at radius 1 is 1.05 bits per heavy atom. The Hall–Kier alpha value is -2.83. The molecule has 7 nitrogen and oxygen atoms in total. The molecule has 0 saturated carbocycles. The molecule has 0 amide bonds. The molecule has 3 aromatic rings. The first kappa shape index (κ1) is 12.9. The number of aryl methyl sites for hydroxylation is 2. The Labute approximate surface area is 126 Å². The Balaban J connectivity index is 1.71. The number of ether oxygens (including phenoxy) is 2. The van der Waals surface area contributed by atoms with Crippen LogP contribution in [0.5, 0.6) is 11.5 Å². The summed E-state index contributed by atoms with van der Waals surface area (Å²) in [7, 11) is 1.86. The molecule has 22 heavy (non-hydrogen) atoms. The van der Waals surface area contributed by atoms with Crippen LogP contribution in [0.2, 0.25) is 0 Å². The lowest BCUT2D eigenvalue weighted by Crippen LogP contribution is -2.15. The minimum Gasteiger partial charge on any atom is -0.486 e. The molecule has 0 N–H and O–H groups in total. The van der Waals surface area contributed by atoms with Crippen molar-refractivity contribution in [2.24, 2.45) is 7.05 Å². The molecule has 2 aromatic heterocycles. The Morgan fingerprint density at radius 2 is 1.82 bits per heavy atom. The highest BCUT2D eigenvalue weighted by molar-refractivity contribution is 5.62. The second kappa shape index (κ2) is 4.87. The van der Waals surface area contributed by atoms with Crippen molar-refractivity contribution in [3.05, 3.63) is 30.1 Å². The van der Waals surface area contributed by atoms with Crippen LogP contribution in [-0.4, -0.2) is 33.2 Å². The molecule has 3 heterocycles. The number of hydrogen-bond acceptors (Lipinski definition) is 6. The predicted octanol–water partition coefficient (Wildman–Crippen LogP) is 2.22. The van der Waals surface area contributed by atoms with E-state index in [1.54, 1.807) is 4.68 Å². The summed E-state index contributed by atoms with van der Waals surface area (Å²) in [4.78, 5) is 0. The molecule has 0 spiro atoms. The fourth-order valence-corrected chi connectivity index (χ4v) is 2.43. The first-order valence-corrected chi connectivity index (χ1v) is 6.95. The van der Waals surface area contributed by atoms with Crippen LogP contribution in [0.25, 0.3) is 22.9 Å². The van der Waals surface area contributed by atoms with Gasteiger partial charge < -0.3 is 13.9 Å². The van der Waals surface area contributed by atoms with Crippen molar-refractivity contribution < 1.29 is 13.9 Å². The van der Waals surface area contributed by atoms with Crippen LogP contribution < -0.4 is 9.47 Å². The van der Waals surface area contributed by atoms with E-state index in [0.717, 1.165) is 22.6 Å². The molecule has 112 valence electrons. The van der Waals surface area contributed by atoms with Gasteiger partial charge in [0.1, 0.15) is 13.2 Å². The maximum atomic E-state index is 5.77. The van der Waals surface area contributed by atoms with E-state index in [0.29, 0.717) is 30.7 Å². The van der Waals surface area contributed by atoms with Crippen molar-refractivity contribution in [2.45, 2.75) is 6.92 Å². The minimum atomic E-state index is 0.440. The van der Waals surface area contributed by atoms with Crippen LogP contribution in [0.1, 0.15) is 5.69 Å². The van der Waals surface area contributed by atoms with Crippen LogP contribution in [0, 0.1) is 6.92 Å². The second-order valence-corrected chi connectivity index (χ2v) is 5.07. The van der Waals surface area contributed by atoms with Gasteiger partial charge in [0, 0.05) is 18.8 Å². The number of fused-ring (bicyclic) bond motifs is 1. The number of aromatic nitrogens is 4. The molecular weight excluding hydrogens is 284 g/mol. The number of benzene rings is 1. The van der Waals surface area contributed by atoms with Gasteiger partial charge >= 0.3 is 0 Å². The highest BCUT2D eigenvalue weighted by atomic mass is 16.6. The third kappa shape index (κ3) is 2.11. The lowest BCUT2D eigenvalue weighted by atomic mass is 10.2. The molecule has 1 aromatic carbocycles. The SMILES string of the molecule is Cc1nn(C)cc1-c1nnc(-c2ccc3c(c2)OCCO3)o1. The topological polar surface area (TPSA) is 75.2 Å². The molecule has 1 aliphatic rings. The van der Waals surface area contributed by atoms with E-state index in [9.17, 15) is 0 Å². The summed E-state index contributed by atoms with van der Waals surface area (Å²) < 4.78 is 18.6. The van der Waals surface area contributed by atoms with Gasteiger partial charge in [-0.1, -0.05) is 0 Å². The lowest BCUT2D eigenvalue weighted by molar-refractivity contribution is 0.171. The molecular formula is C15H14N4O3. The summed E-state index contributed by atoms with van der Waals surface area (Å²) in [5.74, 6) is 2.32. The van der Waals surface area contributed by atoms with Crippen molar-refractivity contribution in [3.8, 4) is 34.4 Å². The zero-order chi connectivity index (χ0) is 15.1. The summed E-state index contributed by atoms with van der Waals surface area (Å²) in [6.45, 7) is 3.01. The van der Waals surface area contributed by atoms with Crippen molar-refractivity contribution in [1.82, 2.24) is 20.0 Å². The number of rotatable bonds is 2. The average molecular weight is 298 g/mol. The van der Waals surface area contributed by atoms with Gasteiger partial charge in [-0.05, 0) is 25.1 Å². The summed E-state index contributed by atoms with van der Waals surface area (Å²) in [5.41, 5.74) is 2.48. The molecule has 0 atom stereocenters. The standard InChI is InChI=1S/C15H14N4O3/c1-9-11(8-19(2)18-9)15-17-16-14(22-15)10-3-4-12-13(7-10)21-6-5-20-12/h3-4,7-8H,5-6H2,1-2H3. The van der Waals surface area contributed by atoms with Crippen molar-refractivity contribution >= 4 is 0 Å². The molecule has 1 aliphatic heterocycles. The Morgan fingerprint density at radius 3 is 2.59 bits per heavy atom. The molecule has 0 radical (unpaired) electrons. The van der Waals surface area contributed by atoms with Crippen LogP contribution in [-0.2, 0) is 7.05 Å². The van der Waals surface area contributed by atoms with Gasteiger partial charge in [-0.3, -0.25) is 4.68 Å². The van der Waals surface area contributed by atoms with Crippen LogP contribution in [0.15, 0.2) is 28.8 Å². The van der Waals surface area contributed by atoms with E-state index >= 15 is 0 Å². The van der Waals surface area contributed by atoms with E-state index in [1.807, 2.05) is 38.4 Å². The summed E-state index contributed by atoms with van der Waals surface area (Å²) in [5, 5.41) is 12.5. The fraction of sp³-hybridized carbons (Fsp3) is 0.267. The van der Waals surface area contributed by atoms with Crippen molar-refractivity contribution in [1.29, 1.82) is 0 Å². The van der Waals surface area contributed by atoms with Gasteiger partial charge in [0.25, 0.3) is 5.89 Å². The maximum Gasteiger partial charge on any atom is 0.251 e. The van der Waals surface area contributed by atoms with Gasteiger partial charge in [0.05, 0.1) is 11.3 Å². The summed E-state index contributed by atoms with van der Waals surface area (Å²) in [6.07, 6.45) is 1.86. The van der Waals surface area contributed by atoms with Crippen LogP contribution >= 0.6 is 0 Å². The number of nitrogens with zero attached hydrogens (tertiary/aromatic N) is 4. The first-order valence-electron chi connectivity index (χ1n) is 6.95. The third-order valence-corrected chi connectivity index (χ3v) is 3.46. The van der Waals surface area contributed by atoms with Gasteiger partial charge in [-0.2, -0.15) is 5.10 Å². The summed E-state index contributed by atoms with van der Waals surface area (Å²) in [6, 6.07) is 5.58. The number of hydrogen-bond donors (Lipinski definition) is 0. The maximum absolute atomic E-state index is 5.77. The van der Waals surface area contributed by atoms with E-state index in [-0.39, 0.29) is 0 Å². The van der Waals surface area contributed by atoms with Crippen molar-refractivity contribution in [2.75, 3.05) is 13.2 Å². The normalized spacial score (nSPS) is 13.4. The first-order chi connectivity index (χ1) is 10.7. The molecule has 4 rings (SSSR count). The highest BCUT2D eigenvalue weighted by Gasteiger charge is 2.17. The van der Waals surface area contributed by atoms with Crippen LogP contribution in [0.4, 0.5) is 0 Å². The smallest absolute Gasteiger partial charge is 0.251 e. The van der Waals surface area contributed by atoms with Gasteiger partial charge in [-0.15, -0.1) is 10.2 Å². The predicted molar refractivity (Wildman–Crippen MR) is 77.7 cm³/mol. The summed E-state index contributed by atoms with van der Waals surface area (Å²) >= 11 is 0. The molecule has 0 bridgehead atoms. The monoisotopic (exact) mass is 298 g/mol. The van der Waals surface area contributed by atoms with Gasteiger partial charge in [0.2, 0.25) is 5.89 Å². The third-order valence-electron chi connectivity index (χ3n) is 3.46. The van der Waals surface area contributed by atoms with E-state index in [1.165, 1.54) is 0 Å². The Bertz CT molecular complexity index is 837. The van der Waals surface area contributed by atoms with E-state index < -0.39 is 0 Å². The minimum absolute atomic E-state index is 0.440. The zero-order valence-electron chi connectivity index (χ0n) is 12.2. The second-order valence-electron chi connectivity index (χ2n) is 5.07.